The van der Waals surface area contributed by atoms with E-state index in [9.17, 15) is 0 Å². The van der Waals surface area contributed by atoms with Crippen LogP contribution in [0.1, 0.15) is 130 Å². The molecule has 0 amide bonds. The van der Waals surface area contributed by atoms with Crippen LogP contribution in [-0.2, 0) is 148 Å². The first-order valence-corrected chi connectivity index (χ1v) is 56.1. The highest BCUT2D eigenvalue weighted by molar-refractivity contribution is 6.63. The van der Waals surface area contributed by atoms with Crippen LogP contribution in [-0.4, -0.2) is 348 Å². The molecule has 0 N–H and O–H groups in total. The maximum atomic E-state index is 6.60. The number of rotatable bonds is 78. The van der Waals surface area contributed by atoms with E-state index in [2.05, 4.69) is 20.8 Å². The molecule has 0 aliphatic heterocycles. The van der Waals surface area contributed by atoms with Crippen molar-refractivity contribution in [2.75, 3.05) is 258 Å². The van der Waals surface area contributed by atoms with Gasteiger partial charge in [0.25, 0.3) is 0 Å². The van der Waals surface area contributed by atoms with Gasteiger partial charge in [-0.25, -0.2) is 0 Å². The van der Waals surface area contributed by atoms with Crippen LogP contribution in [0.3, 0.4) is 0 Å². The molecule has 0 bridgehead atoms. The van der Waals surface area contributed by atoms with Gasteiger partial charge in [-0.3, -0.25) is 0 Å². The van der Waals surface area contributed by atoms with Crippen LogP contribution in [0.2, 0.25) is 54.4 Å². The molecule has 111 heavy (non-hydrogen) atoms. The van der Waals surface area contributed by atoms with Gasteiger partial charge in [0.05, 0.1) is 43.0 Å². The molecule has 0 saturated heterocycles. The molecule has 0 aliphatic rings. The predicted octanol–water partition coefficient (Wildman–Crippen LogP) is 11.1. The first kappa shape index (κ1) is 116. The molecule has 0 heterocycles. The van der Waals surface area contributed by atoms with Crippen LogP contribution in [0.15, 0.2) is 0 Å². The van der Waals surface area contributed by atoms with Crippen molar-refractivity contribution in [1.82, 2.24) is 0 Å². The zero-order chi connectivity index (χ0) is 84.8. The molecule has 42 heteroatoms. The molecule has 672 valence electrons. The minimum absolute atomic E-state index is 0.337. The van der Waals surface area contributed by atoms with Crippen molar-refractivity contribution in [2.24, 2.45) is 5.41 Å². The highest BCUT2D eigenvalue weighted by Crippen LogP contribution is 2.39. The maximum absolute atomic E-state index is 6.60. The highest BCUT2D eigenvalue weighted by Gasteiger charge is 2.48. The zero-order valence-electron chi connectivity index (χ0n) is 74.9. The third-order valence-corrected chi connectivity index (χ3v) is 45.8. The second kappa shape index (κ2) is 66.3. The van der Waals surface area contributed by atoms with Crippen molar-refractivity contribution in [2.45, 2.75) is 196 Å². The van der Waals surface area contributed by atoms with Crippen molar-refractivity contribution < 1.29 is 148 Å². The molecule has 0 aromatic heterocycles. The van der Waals surface area contributed by atoms with E-state index in [1.54, 1.807) is 192 Å². The van der Waals surface area contributed by atoms with E-state index >= 15 is 0 Å². The molecule has 0 atom stereocenters. The minimum atomic E-state index is -2.77. The molecular formula is C69H162O33Si9. The largest absolute Gasteiger partial charge is 0.500 e. The lowest BCUT2D eigenvalue weighted by atomic mass is 9.87. The Hall–Kier alpha value is 0.632. The number of hydrogen-bond donors (Lipinski definition) is 0. The van der Waals surface area contributed by atoms with Gasteiger partial charge < -0.3 is 148 Å². The monoisotopic (exact) mass is 1770 g/mol. The second-order valence-corrected chi connectivity index (χ2v) is 54.3. The summed E-state index contributed by atoms with van der Waals surface area (Å²) in [6.45, 7) is 11.5. The van der Waals surface area contributed by atoms with Gasteiger partial charge in [-0.1, -0.05) is 20.8 Å². The van der Waals surface area contributed by atoms with E-state index in [1.165, 1.54) is 0 Å². The Kier molecular flexibility index (Phi) is 69.1. The molecule has 0 aliphatic carbocycles. The van der Waals surface area contributed by atoms with Gasteiger partial charge in [0.1, 0.15) is 0 Å². The lowest BCUT2D eigenvalue weighted by molar-refractivity contribution is -0.107. The van der Waals surface area contributed by atoms with Crippen LogP contribution in [0.5, 0.6) is 0 Å². The van der Waals surface area contributed by atoms with E-state index in [0.29, 0.717) is 120 Å². The van der Waals surface area contributed by atoms with E-state index in [0.717, 1.165) is 109 Å². The smallest absolute Gasteiger partial charge is 0.381 e. The van der Waals surface area contributed by atoms with Crippen LogP contribution in [0, 0.1) is 5.41 Å². The predicted molar refractivity (Wildman–Crippen MR) is 443 cm³/mol. The fourth-order valence-electron chi connectivity index (χ4n) is 13.1. The summed E-state index contributed by atoms with van der Waals surface area (Å²) in [5, 5.41) is 0. The van der Waals surface area contributed by atoms with Crippen molar-refractivity contribution in [3.05, 3.63) is 0 Å². The summed E-state index contributed by atoms with van der Waals surface area (Å²) in [4.78, 5) is 0. The SMILES string of the molecule is CCCOC(CCC[Si](OC)(OC)OC)(CCC[Si](OC)(OC)OC)CCC[Si](OC)(OC)OC.CCCOC(CCC[Si](OC)(OC)OC)(CCC[Si](OC)(OC)OC)CC[Si](OC)(OC)OC.CCCOCC(COCCC[Si](OC)(OC)OC)(COCCC[Si](OC)(OC)OC)COCCC[Si](OC)(OC)OC. The summed E-state index contributed by atoms with van der Waals surface area (Å²) in [6, 6.07) is 6.13. The van der Waals surface area contributed by atoms with Gasteiger partial charge >= 0.3 is 79.2 Å². The summed E-state index contributed by atoms with van der Waals surface area (Å²) in [5.74, 6) is 0. The average molecular weight is 1770 g/mol. The Balaban J connectivity index is -0.00000159. The van der Waals surface area contributed by atoms with E-state index in [4.69, 9.17) is 148 Å². The van der Waals surface area contributed by atoms with Gasteiger partial charge in [0.15, 0.2) is 0 Å². The van der Waals surface area contributed by atoms with Crippen LogP contribution in [0.25, 0.3) is 0 Å². The van der Waals surface area contributed by atoms with Gasteiger partial charge in [0, 0.05) is 286 Å². The van der Waals surface area contributed by atoms with Crippen molar-refractivity contribution in [1.29, 1.82) is 0 Å². The highest BCUT2D eigenvalue weighted by atomic mass is 28.4. The lowest BCUT2D eigenvalue weighted by Crippen LogP contribution is -2.47. The van der Waals surface area contributed by atoms with E-state index < -0.39 is 90.3 Å². The van der Waals surface area contributed by atoms with Crippen LogP contribution in [0.4, 0.5) is 0 Å². The molecule has 0 radical (unpaired) electrons. The Morgan fingerprint density at radius 3 is 0.495 bits per heavy atom. The Bertz CT molecular complexity index is 1850. The number of hydrogen-bond acceptors (Lipinski definition) is 33. The summed E-state index contributed by atoms with van der Waals surface area (Å²) in [6.07, 6.45) is 14.1. The molecule has 0 aromatic rings. The van der Waals surface area contributed by atoms with Gasteiger partial charge in [-0.15, -0.1) is 0 Å². The molecule has 0 spiro atoms. The first-order valence-electron chi connectivity index (χ1n) is 38.7. The molecule has 33 nitrogen and oxygen atoms in total. The first-order chi connectivity index (χ1) is 53.2. The minimum Gasteiger partial charge on any atom is -0.381 e. The molecule has 0 unspecified atom stereocenters. The van der Waals surface area contributed by atoms with Crippen LogP contribution < -0.4 is 0 Å². The Labute approximate surface area is 682 Å². The molecule has 0 aromatic carbocycles. The fraction of sp³-hybridized carbons (Fsp3) is 1.00. The zero-order valence-corrected chi connectivity index (χ0v) is 83.9. The van der Waals surface area contributed by atoms with Crippen LogP contribution >= 0.6 is 0 Å². The number of ether oxygens (including phenoxy) is 6. The quantitative estimate of drug-likeness (QED) is 0.0403. The summed E-state index contributed by atoms with van der Waals surface area (Å²) in [7, 11) is 20.0. The Morgan fingerprint density at radius 2 is 0.324 bits per heavy atom. The third-order valence-electron chi connectivity index (χ3n) is 20.4. The molecule has 0 saturated carbocycles. The second-order valence-electron chi connectivity index (χ2n) is 26.5. The normalized spacial score (nSPS) is 13.5. The Morgan fingerprint density at radius 1 is 0.171 bits per heavy atom. The third kappa shape index (κ3) is 42.8. The van der Waals surface area contributed by atoms with Crippen molar-refractivity contribution in [3.8, 4) is 0 Å². The maximum Gasteiger partial charge on any atom is 0.500 e. The van der Waals surface area contributed by atoms with E-state index in [1.807, 2.05) is 0 Å². The topological polar surface area (TPSA) is 305 Å². The van der Waals surface area contributed by atoms with E-state index in [-0.39, 0.29) is 5.60 Å². The summed E-state index contributed by atoms with van der Waals surface area (Å²) < 4.78 is 189. The average Bonchev–Trinajstić information content (AvgIpc) is 0.831. The lowest BCUT2D eigenvalue weighted by Gasteiger charge is -2.38. The molecule has 0 rings (SSSR count). The fourth-order valence-corrected chi connectivity index (χ4v) is 28.6. The standard InChI is InChI=1S/C26H60O13Si3.C22H52O10Si3.C21H50O10Si3/c1-11-15-36-22-26(23-37-16-12-19-40(27-2,28-3)29-4,24-38-17-13-20-41(30-5,31-6)32-7)25-39-18-14-21-42(33-8,34-9)35-10;1-11-18-32-22(15-12-19-33(23-2,24-3)25-4,16-13-20-34(26-5,27-6)28-7)17-14-21-35(29-8,30-9)31-10;1-11-17-31-21(16-20-34(28-8,29-9)30-10,14-12-18-32(22-2,23-3)24-4)15-13-19-33(25-5,26-6)27-7/h11-25H2,1-10H3;11-21H2,1-10H3;11-20H2,1-10H3. The van der Waals surface area contributed by atoms with Gasteiger partial charge in [-0.2, -0.15) is 0 Å². The van der Waals surface area contributed by atoms with Crippen molar-refractivity contribution >= 4 is 79.2 Å². The van der Waals surface area contributed by atoms with Gasteiger partial charge in [-0.05, 0) is 109 Å². The van der Waals surface area contributed by atoms with Gasteiger partial charge in [0.2, 0.25) is 0 Å². The summed E-state index contributed by atoms with van der Waals surface area (Å²) in [5.41, 5.74) is -1.26. The molecular weight excluding hydrogens is 1610 g/mol. The summed E-state index contributed by atoms with van der Waals surface area (Å²) >= 11 is 0. The molecule has 0 fully saturated rings. The van der Waals surface area contributed by atoms with Crippen molar-refractivity contribution in [3.63, 3.8) is 0 Å².